The molecule has 0 bridgehead atoms. The van der Waals surface area contributed by atoms with Crippen molar-refractivity contribution >= 4 is 29.4 Å². The van der Waals surface area contributed by atoms with E-state index in [0.29, 0.717) is 11.0 Å². The standard InChI is InChI=1S/C13H16FNOS2/c1-17-12-6-7-15(8-12)13(16)9-18-11-4-2-10(14)3-5-11/h2-5,12H,6-9H2,1H3. The Balaban J connectivity index is 1.80. The van der Waals surface area contributed by atoms with Crippen LogP contribution in [0.5, 0.6) is 0 Å². The summed E-state index contributed by atoms with van der Waals surface area (Å²) in [5.74, 6) is 0.376. The van der Waals surface area contributed by atoms with Gasteiger partial charge >= 0.3 is 0 Å². The molecule has 5 heteroatoms. The highest BCUT2D eigenvalue weighted by atomic mass is 32.2. The zero-order valence-electron chi connectivity index (χ0n) is 10.3. The monoisotopic (exact) mass is 285 g/mol. The first kappa shape index (κ1) is 13.7. The fourth-order valence-corrected chi connectivity index (χ4v) is 3.39. The van der Waals surface area contributed by atoms with E-state index < -0.39 is 0 Å². The lowest BCUT2D eigenvalue weighted by molar-refractivity contribution is -0.127. The minimum Gasteiger partial charge on any atom is -0.341 e. The minimum atomic E-state index is -0.243. The molecule has 0 radical (unpaired) electrons. The van der Waals surface area contributed by atoms with Crippen LogP contribution in [0.15, 0.2) is 29.2 Å². The Morgan fingerprint density at radius 1 is 1.44 bits per heavy atom. The van der Waals surface area contributed by atoms with Crippen LogP contribution in [0.25, 0.3) is 0 Å². The number of carbonyl (C=O) groups is 1. The number of carbonyl (C=O) groups excluding carboxylic acids is 1. The van der Waals surface area contributed by atoms with Crippen LogP contribution in [-0.2, 0) is 4.79 Å². The minimum absolute atomic E-state index is 0.181. The van der Waals surface area contributed by atoms with Crippen molar-refractivity contribution in [1.29, 1.82) is 0 Å². The van der Waals surface area contributed by atoms with Crippen LogP contribution in [0.3, 0.4) is 0 Å². The lowest BCUT2D eigenvalue weighted by Gasteiger charge is -2.15. The summed E-state index contributed by atoms with van der Waals surface area (Å²) < 4.78 is 12.7. The first-order valence-corrected chi connectivity index (χ1v) is 8.15. The van der Waals surface area contributed by atoms with Gasteiger partial charge in [-0.2, -0.15) is 11.8 Å². The molecule has 0 spiro atoms. The van der Waals surface area contributed by atoms with Crippen LogP contribution in [0, 0.1) is 5.82 Å². The van der Waals surface area contributed by atoms with Gasteiger partial charge in [0.2, 0.25) is 5.91 Å². The van der Waals surface area contributed by atoms with Gasteiger partial charge in [-0.05, 0) is 36.9 Å². The molecule has 1 fully saturated rings. The van der Waals surface area contributed by atoms with Gasteiger partial charge in [-0.3, -0.25) is 4.79 Å². The number of likely N-dealkylation sites (tertiary alicyclic amines) is 1. The smallest absolute Gasteiger partial charge is 0.232 e. The molecule has 0 aliphatic carbocycles. The number of benzene rings is 1. The third-order valence-corrected chi connectivity index (χ3v) is 5.06. The topological polar surface area (TPSA) is 20.3 Å². The van der Waals surface area contributed by atoms with E-state index >= 15 is 0 Å². The molecule has 1 amide bonds. The fraction of sp³-hybridized carbons (Fsp3) is 0.462. The molecule has 18 heavy (non-hydrogen) atoms. The van der Waals surface area contributed by atoms with Crippen molar-refractivity contribution in [3.8, 4) is 0 Å². The van der Waals surface area contributed by atoms with Crippen molar-refractivity contribution in [2.45, 2.75) is 16.6 Å². The number of hydrogen-bond acceptors (Lipinski definition) is 3. The molecule has 1 aliphatic rings. The molecular weight excluding hydrogens is 269 g/mol. The summed E-state index contributed by atoms with van der Waals surface area (Å²) in [7, 11) is 0. The Morgan fingerprint density at radius 3 is 2.78 bits per heavy atom. The molecule has 0 saturated carbocycles. The van der Waals surface area contributed by atoms with Gasteiger partial charge in [-0.25, -0.2) is 4.39 Å². The summed E-state index contributed by atoms with van der Waals surface area (Å²) in [5.41, 5.74) is 0. The molecule has 0 N–H and O–H groups in total. The van der Waals surface area contributed by atoms with Gasteiger partial charge in [0, 0.05) is 23.2 Å². The highest BCUT2D eigenvalue weighted by molar-refractivity contribution is 8.00. The first-order chi connectivity index (χ1) is 8.69. The second-order valence-corrected chi connectivity index (χ2v) is 6.42. The molecule has 1 atom stereocenters. The van der Waals surface area contributed by atoms with E-state index in [1.54, 1.807) is 12.1 Å². The zero-order chi connectivity index (χ0) is 13.0. The lowest BCUT2D eigenvalue weighted by Crippen LogP contribution is -2.30. The third-order valence-electron chi connectivity index (χ3n) is 3.01. The van der Waals surface area contributed by atoms with Crippen LogP contribution in [0.4, 0.5) is 4.39 Å². The zero-order valence-corrected chi connectivity index (χ0v) is 11.9. The molecule has 2 nitrogen and oxygen atoms in total. The Bertz CT molecular complexity index is 410. The van der Waals surface area contributed by atoms with E-state index in [-0.39, 0.29) is 11.7 Å². The average Bonchev–Trinajstić information content (AvgIpc) is 2.86. The van der Waals surface area contributed by atoms with E-state index in [2.05, 4.69) is 6.26 Å². The van der Waals surface area contributed by atoms with Gasteiger partial charge in [0.25, 0.3) is 0 Å². The van der Waals surface area contributed by atoms with Crippen molar-refractivity contribution in [2.24, 2.45) is 0 Å². The van der Waals surface area contributed by atoms with Crippen molar-refractivity contribution < 1.29 is 9.18 Å². The molecule has 98 valence electrons. The van der Waals surface area contributed by atoms with Crippen LogP contribution in [-0.4, -0.2) is 41.2 Å². The number of nitrogens with zero attached hydrogens (tertiary/aromatic N) is 1. The quantitative estimate of drug-likeness (QED) is 0.793. The number of thioether (sulfide) groups is 2. The number of halogens is 1. The highest BCUT2D eigenvalue weighted by Gasteiger charge is 2.25. The second-order valence-electron chi connectivity index (χ2n) is 4.23. The van der Waals surface area contributed by atoms with E-state index in [1.165, 1.54) is 23.9 Å². The highest BCUT2D eigenvalue weighted by Crippen LogP contribution is 2.23. The van der Waals surface area contributed by atoms with Crippen molar-refractivity contribution in [3.05, 3.63) is 30.1 Å². The summed E-state index contributed by atoms with van der Waals surface area (Å²) >= 11 is 3.30. The molecule has 1 aromatic rings. The van der Waals surface area contributed by atoms with Gasteiger partial charge in [-0.15, -0.1) is 11.8 Å². The first-order valence-electron chi connectivity index (χ1n) is 5.88. The summed E-state index contributed by atoms with van der Waals surface area (Å²) in [6, 6.07) is 6.27. The third kappa shape index (κ3) is 3.65. The predicted octanol–water partition coefficient (Wildman–Crippen LogP) is 2.88. The maximum Gasteiger partial charge on any atom is 0.232 e. The number of hydrogen-bond donors (Lipinski definition) is 0. The Morgan fingerprint density at radius 2 is 2.17 bits per heavy atom. The molecule has 1 aromatic carbocycles. The SMILES string of the molecule is CSC1CCN(C(=O)CSc2ccc(F)cc2)C1. The van der Waals surface area contributed by atoms with Gasteiger partial charge in [0.05, 0.1) is 5.75 Å². The molecule has 1 saturated heterocycles. The molecule has 1 heterocycles. The van der Waals surface area contributed by atoms with Gasteiger partial charge in [0.15, 0.2) is 0 Å². The molecule has 0 aromatic heterocycles. The van der Waals surface area contributed by atoms with Crippen LogP contribution < -0.4 is 0 Å². The average molecular weight is 285 g/mol. The van der Waals surface area contributed by atoms with Crippen LogP contribution in [0.2, 0.25) is 0 Å². The van der Waals surface area contributed by atoms with E-state index in [9.17, 15) is 9.18 Å². The second kappa shape index (κ2) is 6.48. The van der Waals surface area contributed by atoms with Crippen LogP contribution >= 0.6 is 23.5 Å². The Hall–Kier alpha value is -0.680. The predicted molar refractivity (Wildman–Crippen MR) is 75.6 cm³/mol. The molecule has 1 unspecified atom stereocenters. The Labute approximate surface area is 115 Å². The van der Waals surface area contributed by atoms with Gasteiger partial charge in [-0.1, -0.05) is 0 Å². The van der Waals surface area contributed by atoms with E-state index in [4.69, 9.17) is 0 Å². The van der Waals surface area contributed by atoms with E-state index in [1.807, 2.05) is 16.7 Å². The van der Waals surface area contributed by atoms with Gasteiger partial charge in [0.1, 0.15) is 5.82 Å². The van der Waals surface area contributed by atoms with E-state index in [0.717, 1.165) is 24.4 Å². The maximum absolute atomic E-state index is 12.7. The normalized spacial score (nSPS) is 19.2. The largest absolute Gasteiger partial charge is 0.341 e. The number of amides is 1. The van der Waals surface area contributed by atoms with Crippen molar-refractivity contribution in [2.75, 3.05) is 25.1 Å². The summed E-state index contributed by atoms with van der Waals surface area (Å²) in [6.45, 7) is 1.73. The fourth-order valence-electron chi connectivity index (χ4n) is 1.91. The molecule has 2 rings (SSSR count). The summed E-state index contributed by atoms with van der Waals surface area (Å²) in [5, 5.41) is 0.588. The lowest BCUT2D eigenvalue weighted by atomic mass is 10.4. The van der Waals surface area contributed by atoms with Gasteiger partial charge < -0.3 is 4.90 Å². The summed E-state index contributed by atoms with van der Waals surface area (Å²) in [4.78, 5) is 14.8. The van der Waals surface area contributed by atoms with Crippen LogP contribution in [0.1, 0.15) is 6.42 Å². The molecular formula is C13H16FNOS2. The van der Waals surface area contributed by atoms with Crippen molar-refractivity contribution in [1.82, 2.24) is 4.90 Å². The maximum atomic E-state index is 12.7. The number of rotatable bonds is 4. The van der Waals surface area contributed by atoms with Crippen molar-refractivity contribution in [3.63, 3.8) is 0 Å². The summed E-state index contributed by atoms with van der Waals surface area (Å²) in [6.07, 6.45) is 3.18. The molecule has 1 aliphatic heterocycles. The Kier molecular flexibility index (Phi) is 4.95.